The molecule has 0 saturated carbocycles. The predicted molar refractivity (Wildman–Crippen MR) is 270 cm³/mol. The number of morpholine rings is 4. The molecule has 0 aromatic carbocycles. The standard InChI is InChI=1S/C19H23F2N7O2.C15H22BF2N3O2.C13H18ClN5O2/c1-10-9-29-3-2-28(10)19-25-17(14-6-23-15(22)5-13(14)16(20)21)24-18(26-19)27-7-11-4-12(8-27)30-11;1-14(2)15(3,4)23-16(22-14)11-8-19-12(20-9-21(5)6)7-10(11)13(17)18;1-8-7-20-3-2-19(8)13-16-11(14)15-12(17-13)18-5-9-4-10(6-18)21-9/h5-6,10-12,16H,2-4,7-9H2,1H3,(H2,22,23);7-9,13H,1-6H3;8-10H,2-7H2,1H3/t10-,11?,12?;;8-,9?,10?/m1.1/s1. The number of pyridine rings is 2. The Balaban J connectivity index is 0.000000139. The van der Waals surface area contributed by atoms with Gasteiger partial charge in [0, 0.05) is 101 Å². The average Bonchev–Trinajstić information content (AvgIpc) is 3.58. The summed E-state index contributed by atoms with van der Waals surface area (Å²) in [4.78, 5) is 49.2. The van der Waals surface area contributed by atoms with Gasteiger partial charge in [-0.25, -0.2) is 32.5 Å². The Bertz CT molecular complexity index is 2600. The molecule has 0 spiro atoms. The highest BCUT2D eigenvalue weighted by Gasteiger charge is 2.53. The van der Waals surface area contributed by atoms with Crippen molar-refractivity contribution in [2.75, 3.05) is 105 Å². The van der Waals surface area contributed by atoms with Crippen molar-refractivity contribution in [1.29, 1.82) is 0 Å². The van der Waals surface area contributed by atoms with Gasteiger partial charge in [-0.15, -0.1) is 0 Å². The summed E-state index contributed by atoms with van der Waals surface area (Å²) in [6.07, 6.45) is 1.87. The summed E-state index contributed by atoms with van der Waals surface area (Å²) in [7, 11) is 2.70. The van der Waals surface area contributed by atoms with Crippen molar-refractivity contribution in [3.8, 4) is 11.4 Å². The molecule has 9 aliphatic rings. The highest BCUT2D eigenvalue weighted by atomic mass is 35.5. The summed E-state index contributed by atoms with van der Waals surface area (Å²) >= 11 is 6.11. The molecular formula is C47H63BClF4N15O6. The molecule has 4 aromatic rings. The second kappa shape index (κ2) is 22.1. The average molecular weight is 1060 g/mol. The van der Waals surface area contributed by atoms with Crippen molar-refractivity contribution in [3.63, 3.8) is 0 Å². The van der Waals surface area contributed by atoms with Gasteiger partial charge in [-0.05, 0) is 65.3 Å². The van der Waals surface area contributed by atoms with Crippen LogP contribution in [0.5, 0.6) is 0 Å². The molecule has 74 heavy (non-hydrogen) atoms. The molecule has 0 amide bonds. The first-order valence-electron chi connectivity index (χ1n) is 24.8. The lowest BCUT2D eigenvalue weighted by Gasteiger charge is -2.47. The number of ether oxygens (including phenoxy) is 4. The third kappa shape index (κ3) is 12.0. The molecule has 13 rings (SSSR count). The van der Waals surface area contributed by atoms with Crippen LogP contribution in [0.15, 0.2) is 29.5 Å². The van der Waals surface area contributed by atoms with E-state index in [-0.39, 0.29) is 69.2 Å². The molecule has 400 valence electrons. The van der Waals surface area contributed by atoms with E-state index in [1.807, 2.05) is 44.4 Å². The van der Waals surface area contributed by atoms with Crippen LogP contribution in [-0.4, -0.2) is 186 Å². The number of hydrogen-bond acceptors (Lipinski definition) is 20. The number of rotatable bonds is 10. The molecule has 9 saturated heterocycles. The van der Waals surface area contributed by atoms with Gasteiger partial charge in [-0.2, -0.15) is 29.9 Å². The van der Waals surface area contributed by atoms with Crippen molar-refractivity contribution in [2.45, 2.75) is 115 Å². The highest BCUT2D eigenvalue weighted by molar-refractivity contribution is 6.62. The fraction of sp³-hybridized carbons (Fsp3) is 0.638. The number of alkyl halides is 4. The molecule has 4 aromatic heterocycles. The lowest BCUT2D eigenvalue weighted by molar-refractivity contribution is -0.133. The molecular weight excluding hydrogens is 993 g/mol. The van der Waals surface area contributed by atoms with Gasteiger partial charge in [0.1, 0.15) is 5.82 Å². The van der Waals surface area contributed by atoms with E-state index in [1.165, 1.54) is 30.9 Å². The topological polar surface area (TPSA) is 213 Å². The number of piperidine rings is 2. The number of halogens is 5. The Morgan fingerprint density at radius 1 is 0.716 bits per heavy atom. The quantitative estimate of drug-likeness (QED) is 0.0966. The maximum atomic E-state index is 13.7. The van der Waals surface area contributed by atoms with Gasteiger partial charge in [0.05, 0.1) is 80.5 Å². The van der Waals surface area contributed by atoms with Crippen LogP contribution in [0.3, 0.4) is 0 Å². The highest BCUT2D eigenvalue weighted by Crippen LogP contribution is 2.38. The smallest absolute Gasteiger partial charge is 0.399 e. The van der Waals surface area contributed by atoms with Crippen LogP contribution in [0.2, 0.25) is 5.28 Å². The number of nitrogens with zero attached hydrogens (tertiary/aromatic N) is 14. The lowest BCUT2D eigenvalue weighted by atomic mass is 9.77. The summed E-state index contributed by atoms with van der Waals surface area (Å²) < 4.78 is 88.3. The van der Waals surface area contributed by atoms with E-state index in [9.17, 15) is 17.6 Å². The van der Waals surface area contributed by atoms with Crippen LogP contribution in [0.4, 0.5) is 53.0 Å². The third-order valence-corrected chi connectivity index (χ3v) is 14.2. The Hall–Kier alpha value is -5.38. The summed E-state index contributed by atoms with van der Waals surface area (Å²) in [6, 6.07) is 2.73. The molecule has 9 fully saturated rings. The van der Waals surface area contributed by atoms with E-state index in [2.05, 4.69) is 61.6 Å². The normalized spacial score (nSPS) is 25.8. The molecule has 2 N–H and O–H groups in total. The molecule has 9 aliphatic heterocycles. The first-order valence-corrected chi connectivity index (χ1v) is 25.1. The number of nitrogen functional groups attached to an aromatic ring is 1. The molecule has 6 atom stereocenters. The van der Waals surface area contributed by atoms with E-state index in [0.717, 1.165) is 32.5 Å². The van der Waals surface area contributed by atoms with Crippen LogP contribution < -0.4 is 30.8 Å². The number of nitrogens with two attached hydrogens (primary N) is 1. The largest absolute Gasteiger partial charge is 0.496 e. The first-order chi connectivity index (χ1) is 35.2. The predicted octanol–water partition coefficient (Wildman–Crippen LogP) is 4.92. The van der Waals surface area contributed by atoms with Crippen LogP contribution in [0.25, 0.3) is 11.4 Å². The minimum absolute atomic E-state index is 0.0265. The molecule has 27 heteroatoms. The van der Waals surface area contributed by atoms with E-state index < -0.39 is 31.2 Å². The van der Waals surface area contributed by atoms with Gasteiger partial charge in [-0.3, -0.25) is 0 Å². The van der Waals surface area contributed by atoms with E-state index in [0.29, 0.717) is 82.1 Å². The fourth-order valence-corrected chi connectivity index (χ4v) is 9.51. The van der Waals surface area contributed by atoms with Crippen molar-refractivity contribution < 1.29 is 45.8 Å². The molecule has 13 heterocycles. The van der Waals surface area contributed by atoms with E-state index in [1.54, 1.807) is 19.0 Å². The number of hydrogen-bond donors (Lipinski definition) is 1. The van der Waals surface area contributed by atoms with Crippen LogP contribution in [0, 0.1) is 0 Å². The maximum Gasteiger partial charge on any atom is 0.496 e. The number of anilines is 5. The number of aliphatic imine (C=N–C) groups is 1. The van der Waals surface area contributed by atoms with Gasteiger partial charge in [0.2, 0.25) is 29.1 Å². The van der Waals surface area contributed by atoms with Gasteiger partial charge >= 0.3 is 7.12 Å². The number of aromatic nitrogens is 8. The zero-order valence-corrected chi connectivity index (χ0v) is 43.5. The minimum Gasteiger partial charge on any atom is -0.399 e. The summed E-state index contributed by atoms with van der Waals surface area (Å²) in [5, 5.41) is 0.244. The molecule has 4 bridgehead atoms. The zero-order valence-electron chi connectivity index (χ0n) is 42.7. The second-order valence-corrected chi connectivity index (χ2v) is 20.8. The van der Waals surface area contributed by atoms with E-state index in [4.69, 9.17) is 45.6 Å². The monoisotopic (exact) mass is 1060 g/mol. The van der Waals surface area contributed by atoms with Gasteiger partial charge in [0.25, 0.3) is 12.9 Å². The maximum absolute atomic E-state index is 13.7. The number of fused-ring (bicyclic) bond motifs is 4. The van der Waals surface area contributed by atoms with Crippen LogP contribution in [0.1, 0.15) is 78.4 Å². The van der Waals surface area contributed by atoms with Crippen LogP contribution >= 0.6 is 11.6 Å². The molecule has 21 nitrogen and oxygen atoms in total. The van der Waals surface area contributed by atoms with Gasteiger partial charge < -0.3 is 58.5 Å². The Kier molecular flexibility index (Phi) is 15.9. The van der Waals surface area contributed by atoms with Crippen molar-refractivity contribution in [3.05, 3.63) is 40.9 Å². The summed E-state index contributed by atoms with van der Waals surface area (Å²) in [5.74, 6) is 2.61. The second-order valence-electron chi connectivity index (χ2n) is 20.5. The van der Waals surface area contributed by atoms with Crippen molar-refractivity contribution in [2.24, 2.45) is 4.99 Å². The molecule has 0 aliphatic carbocycles. The van der Waals surface area contributed by atoms with Crippen molar-refractivity contribution >= 4 is 65.9 Å². The Morgan fingerprint density at radius 3 is 1.70 bits per heavy atom. The van der Waals surface area contributed by atoms with Gasteiger partial charge in [0.15, 0.2) is 11.6 Å². The summed E-state index contributed by atoms with van der Waals surface area (Å²) in [6.45, 7) is 18.4. The molecule has 4 unspecified atom stereocenters. The fourth-order valence-electron chi connectivity index (χ4n) is 9.36. The molecule has 0 radical (unpaired) electrons. The zero-order chi connectivity index (χ0) is 52.6. The first kappa shape index (κ1) is 53.5. The SMILES string of the molecule is CN(C)C=Nc1cc(C(F)F)c(B2OC(C)(C)C(C)(C)O2)cn1.C[C@@H]1COCCN1c1nc(-c2cnc(N)cc2C(F)F)nc(N2CC3CC(C2)O3)n1.C[C@@H]1COCCN1c1nc(Cl)nc(N2CC3CC(C2)O3)n1. The van der Waals surface area contributed by atoms with Gasteiger partial charge in [-0.1, -0.05) is 0 Å². The van der Waals surface area contributed by atoms with E-state index >= 15 is 0 Å². The summed E-state index contributed by atoms with van der Waals surface area (Å²) in [5.41, 5.74) is 4.41. The Labute approximate surface area is 432 Å². The lowest BCUT2D eigenvalue weighted by Crippen LogP contribution is -2.57. The van der Waals surface area contributed by atoms with Crippen LogP contribution in [-0.2, 0) is 28.3 Å². The minimum atomic E-state index is -2.73. The Morgan fingerprint density at radius 2 is 1.20 bits per heavy atom. The van der Waals surface area contributed by atoms with Crippen molar-refractivity contribution in [1.82, 2.24) is 44.8 Å². The third-order valence-electron chi connectivity index (χ3n) is 14.1.